The van der Waals surface area contributed by atoms with Crippen molar-refractivity contribution in [1.29, 1.82) is 0 Å². The van der Waals surface area contributed by atoms with Gasteiger partial charge in [-0.15, -0.1) is 0 Å². The highest BCUT2D eigenvalue weighted by atomic mass is 15.3. The van der Waals surface area contributed by atoms with E-state index in [-0.39, 0.29) is 0 Å². The summed E-state index contributed by atoms with van der Waals surface area (Å²) in [5.74, 6) is 0.952. The molecular formula is C20H19N5. The van der Waals surface area contributed by atoms with Gasteiger partial charge in [0.25, 0.3) is 0 Å². The molecular weight excluding hydrogens is 310 g/mol. The second-order valence-corrected chi connectivity index (χ2v) is 6.14. The maximum Gasteiger partial charge on any atom is 0.139 e. The summed E-state index contributed by atoms with van der Waals surface area (Å²) in [4.78, 5) is 8.57. The largest absolute Gasteiger partial charge is 0.334 e. The Balaban J connectivity index is 1.62. The minimum atomic E-state index is 0.743. The van der Waals surface area contributed by atoms with Crippen molar-refractivity contribution in [2.24, 2.45) is 7.05 Å². The summed E-state index contributed by atoms with van der Waals surface area (Å²) in [6, 6.07) is 12.4. The normalized spacial score (nSPS) is 11.0. The summed E-state index contributed by atoms with van der Waals surface area (Å²) in [6.45, 7) is 2.82. The van der Waals surface area contributed by atoms with E-state index in [1.807, 2.05) is 65.5 Å². The fourth-order valence-corrected chi connectivity index (χ4v) is 2.92. The van der Waals surface area contributed by atoms with E-state index in [2.05, 4.69) is 35.1 Å². The molecule has 3 aromatic heterocycles. The SMILES string of the molecule is Cc1cnccc1Cn1ccc(-c2cccc(-c3nccn3C)c2)n1. The smallest absolute Gasteiger partial charge is 0.139 e. The lowest BCUT2D eigenvalue weighted by atomic mass is 10.1. The van der Waals surface area contributed by atoms with Crippen LogP contribution in [0.3, 0.4) is 0 Å². The first-order chi connectivity index (χ1) is 12.2. The Hall–Kier alpha value is -3.21. The van der Waals surface area contributed by atoms with E-state index in [4.69, 9.17) is 5.10 Å². The summed E-state index contributed by atoms with van der Waals surface area (Å²) < 4.78 is 3.98. The Morgan fingerprint density at radius 2 is 1.88 bits per heavy atom. The molecule has 25 heavy (non-hydrogen) atoms. The molecule has 0 aliphatic heterocycles. The van der Waals surface area contributed by atoms with Crippen LogP contribution in [0.25, 0.3) is 22.6 Å². The predicted octanol–water partition coefficient (Wildman–Crippen LogP) is 3.70. The zero-order valence-electron chi connectivity index (χ0n) is 14.3. The Labute approximate surface area is 146 Å². The maximum atomic E-state index is 4.73. The van der Waals surface area contributed by atoms with E-state index in [1.165, 1.54) is 11.1 Å². The molecule has 0 atom stereocenters. The maximum absolute atomic E-state index is 4.73. The van der Waals surface area contributed by atoms with Crippen molar-refractivity contribution in [2.75, 3.05) is 0 Å². The lowest BCUT2D eigenvalue weighted by molar-refractivity contribution is 0.685. The third-order valence-electron chi connectivity index (χ3n) is 4.35. The van der Waals surface area contributed by atoms with Gasteiger partial charge in [-0.05, 0) is 36.2 Å². The summed E-state index contributed by atoms with van der Waals surface area (Å²) in [5.41, 5.74) is 5.54. The van der Waals surface area contributed by atoms with E-state index in [9.17, 15) is 0 Å². The van der Waals surface area contributed by atoms with Crippen LogP contribution < -0.4 is 0 Å². The molecule has 0 fully saturated rings. The van der Waals surface area contributed by atoms with Gasteiger partial charge in [-0.1, -0.05) is 18.2 Å². The first-order valence-corrected chi connectivity index (χ1v) is 8.22. The molecule has 124 valence electrons. The number of hydrogen-bond acceptors (Lipinski definition) is 3. The van der Waals surface area contributed by atoms with Crippen LogP contribution in [0.4, 0.5) is 0 Å². The average molecular weight is 329 g/mol. The summed E-state index contributed by atoms with van der Waals surface area (Å²) >= 11 is 0. The van der Waals surface area contributed by atoms with Gasteiger partial charge < -0.3 is 4.57 Å². The predicted molar refractivity (Wildman–Crippen MR) is 97.9 cm³/mol. The lowest BCUT2D eigenvalue weighted by Gasteiger charge is -2.06. The second kappa shape index (κ2) is 6.36. The van der Waals surface area contributed by atoms with Crippen molar-refractivity contribution in [3.8, 4) is 22.6 Å². The molecule has 3 heterocycles. The van der Waals surface area contributed by atoms with Crippen molar-refractivity contribution in [3.63, 3.8) is 0 Å². The molecule has 0 unspecified atom stereocenters. The van der Waals surface area contributed by atoms with Gasteiger partial charge in [0.15, 0.2) is 0 Å². The lowest BCUT2D eigenvalue weighted by Crippen LogP contribution is -2.02. The topological polar surface area (TPSA) is 48.5 Å². The molecule has 1 aromatic carbocycles. The van der Waals surface area contributed by atoms with E-state index in [1.54, 1.807) is 0 Å². The van der Waals surface area contributed by atoms with Gasteiger partial charge in [0, 0.05) is 49.2 Å². The number of hydrogen-bond donors (Lipinski definition) is 0. The van der Waals surface area contributed by atoms with E-state index < -0.39 is 0 Å². The second-order valence-electron chi connectivity index (χ2n) is 6.14. The van der Waals surface area contributed by atoms with Crippen molar-refractivity contribution in [3.05, 3.63) is 78.5 Å². The van der Waals surface area contributed by atoms with Gasteiger partial charge in [0.1, 0.15) is 5.82 Å². The van der Waals surface area contributed by atoms with Gasteiger partial charge in [-0.25, -0.2) is 4.98 Å². The standard InChI is InChI=1S/C20H19N5/c1-15-13-21-8-6-18(15)14-25-10-7-19(23-25)16-4-3-5-17(12-16)20-22-9-11-24(20)2/h3-13H,14H2,1-2H3. The van der Waals surface area contributed by atoms with Crippen LogP contribution in [-0.4, -0.2) is 24.3 Å². The molecule has 0 bridgehead atoms. The Morgan fingerprint density at radius 1 is 1.00 bits per heavy atom. The molecule has 0 amide bonds. The van der Waals surface area contributed by atoms with Crippen LogP contribution in [-0.2, 0) is 13.6 Å². The molecule has 0 spiro atoms. The molecule has 4 rings (SSSR count). The number of nitrogens with zero attached hydrogens (tertiary/aromatic N) is 5. The van der Waals surface area contributed by atoms with Crippen LogP contribution in [0.2, 0.25) is 0 Å². The molecule has 5 heteroatoms. The average Bonchev–Trinajstić information content (AvgIpc) is 3.26. The van der Waals surface area contributed by atoms with Gasteiger partial charge >= 0.3 is 0 Å². The van der Waals surface area contributed by atoms with Crippen LogP contribution in [0, 0.1) is 6.92 Å². The van der Waals surface area contributed by atoms with E-state index >= 15 is 0 Å². The van der Waals surface area contributed by atoms with Crippen LogP contribution in [0.5, 0.6) is 0 Å². The van der Waals surface area contributed by atoms with Crippen LogP contribution in [0.1, 0.15) is 11.1 Å². The minimum Gasteiger partial charge on any atom is -0.334 e. The molecule has 0 saturated carbocycles. The third kappa shape index (κ3) is 3.08. The van der Waals surface area contributed by atoms with Crippen LogP contribution >= 0.6 is 0 Å². The number of aryl methyl sites for hydroxylation is 2. The fraction of sp³-hybridized carbons (Fsp3) is 0.150. The quantitative estimate of drug-likeness (QED) is 0.573. The molecule has 0 radical (unpaired) electrons. The number of benzene rings is 1. The zero-order chi connectivity index (χ0) is 17.2. The fourth-order valence-electron chi connectivity index (χ4n) is 2.92. The molecule has 5 nitrogen and oxygen atoms in total. The highest BCUT2D eigenvalue weighted by Gasteiger charge is 2.08. The molecule has 0 saturated heterocycles. The molecule has 4 aromatic rings. The van der Waals surface area contributed by atoms with Gasteiger partial charge in [0.05, 0.1) is 12.2 Å². The minimum absolute atomic E-state index is 0.743. The van der Waals surface area contributed by atoms with Gasteiger partial charge in [-0.3, -0.25) is 9.67 Å². The van der Waals surface area contributed by atoms with Crippen molar-refractivity contribution < 1.29 is 0 Å². The Kier molecular flexibility index (Phi) is 3.90. The third-order valence-corrected chi connectivity index (χ3v) is 4.35. The number of imidazole rings is 1. The van der Waals surface area contributed by atoms with E-state index in [0.717, 1.165) is 29.2 Å². The van der Waals surface area contributed by atoms with Crippen molar-refractivity contribution in [2.45, 2.75) is 13.5 Å². The molecule has 0 aliphatic carbocycles. The van der Waals surface area contributed by atoms with Gasteiger partial charge in [-0.2, -0.15) is 5.10 Å². The van der Waals surface area contributed by atoms with E-state index in [0.29, 0.717) is 0 Å². The highest BCUT2D eigenvalue weighted by molar-refractivity contribution is 5.67. The summed E-state index contributed by atoms with van der Waals surface area (Å²) in [6.07, 6.45) is 9.49. The highest BCUT2D eigenvalue weighted by Crippen LogP contribution is 2.24. The van der Waals surface area contributed by atoms with Crippen molar-refractivity contribution in [1.82, 2.24) is 24.3 Å². The van der Waals surface area contributed by atoms with Crippen molar-refractivity contribution >= 4 is 0 Å². The first-order valence-electron chi connectivity index (χ1n) is 8.22. The zero-order valence-corrected chi connectivity index (χ0v) is 14.3. The molecule has 0 N–H and O–H groups in total. The van der Waals surface area contributed by atoms with Crippen LogP contribution in [0.15, 0.2) is 67.4 Å². The Bertz CT molecular complexity index is 1010. The number of rotatable bonds is 4. The summed E-state index contributed by atoms with van der Waals surface area (Å²) in [7, 11) is 2.00. The first kappa shape index (κ1) is 15.3. The Morgan fingerprint density at radius 3 is 2.68 bits per heavy atom. The number of aromatic nitrogens is 5. The van der Waals surface area contributed by atoms with Gasteiger partial charge in [0.2, 0.25) is 0 Å². The monoisotopic (exact) mass is 329 g/mol. The summed E-state index contributed by atoms with van der Waals surface area (Å²) in [5, 5.41) is 4.73. The number of pyridine rings is 1. The molecule has 0 aliphatic rings.